The molecule has 0 spiro atoms. The van der Waals surface area contributed by atoms with E-state index in [1.54, 1.807) is 0 Å². The molecule has 0 radical (unpaired) electrons. The highest BCUT2D eigenvalue weighted by molar-refractivity contribution is 6.22. The Morgan fingerprint density at radius 2 is 0.656 bits per heavy atom. The number of hydrogen-bond acceptors (Lipinski definition) is 8. The Morgan fingerprint density at radius 3 is 1.06 bits per heavy atom. The van der Waals surface area contributed by atoms with E-state index in [2.05, 4.69) is 0 Å². The van der Waals surface area contributed by atoms with E-state index in [0.29, 0.717) is 69.2 Å². The second-order valence-electron chi connectivity index (χ2n) is 15.9. The van der Waals surface area contributed by atoms with Gasteiger partial charge in [-0.15, -0.1) is 0 Å². The van der Waals surface area contributed by atoms with Crippen LogP contribution in [0, 0.1) is 0 Å². The molecular weight excluding hydrogens is 801 g/mol. The molecule has 12 rings (SSSR count). The first kappa shape index (κ1) is 37.4. The summed E-state index contributed by atoms with van der Waals surface area (Å²) in [5.41, 5.74) is 5.56. The quantitative estimate of drug-likeness (QED) is 0.164. The predicted octanol–water partition coefficient (Wildman–Crippen LogP) is 13.3. The van der Waals surface area contributed by atoms with E-state index in [1.807, 2.05) is 170 Å². The van der Waals surface area contributed by atoms with Crippen LogP contribution in [0.2, 0.25) is 0 Å². The van der Waals surface area contributed by atoms with Gasteiger partial charge in [-0.25, -0.2) is 0 Å². The Hall–Kier alpha value is -8.36. The average molecular weight is 839 g/mol. The zero-order valence-electron chi connectivity index (χ0n) is 34.3. The Labute approximate surface area is 367 Å². The lowest BCUT2D eigenvalue weighted by Gasteiger charge is -2.23. The van der Waals surface area contributed by atoms with Crippen molar-refractivity contribution < 1.29 is 38.6 Å². The Bertz CT molecular complexity index is 3240. The molecule has 0 unspecified atom stereocenters. The van der Waals surface area contributed by atoms with Gasteiger partial charge >= 0.3 is 0 Å². The minimum absolute atomic E-state index is 0.155. The zero-order chi connectivity index (χ0) is 42.7. The molecule has 0 atom stereocenters. The van der Waals surface area contributed by atoms with E-state index in [1.165, 1.54) is 0 Å². The molecule has 0 saturated heterocycles. The van der Waals surface area contributed by atoms with Crippen LogP contribution in [0.1, 0.15) is 11.1 Å². The maximum atomic E-state index is 12.9. The summed E-state index contributed by atoms with van der Waals surface area (Å²) < 4.78 is 38.9. The van der Waals surface area contributed by atoms with Crippen LogP contribution in [0.25, 0.3) is 76.5 Å². The van der Waals surface area contributed by atoms with Crippen LogP contribution in [0.4, 0.5) is 0 Å². The van der Waals surface area contributed by atoms with Crippen LogP contribution < -0.4 is 28.4 Å². The largest absolute Gasteiger partial charge is 0.504 e. The van der Waals surface area contributed by atoms with Crippen molar-refractivity contribution in [3.63, 3.8) is 0 Å². The van der Waals surface area contributed by atoms with E-state index in [0.717, 1.165) is 54.6 Å². The average Bonchev–Trinajstić information content (AvgIpc) is 3.69. The first-order valence-electron chi connectivity index (χ1n) is 21.1. The number of ether oxygens (including phenoxy) is 6. The van der Waals surface area contributed by atoms with Crippen molar-refractivity contribution in [1.29, 1.82) is 0 Å². The second-order valence-corrected chi connectivity index (χ2v) is 15.9. The summed E-state index contributed by atoms with van der Waals surface area (Å²) in [7, 11) is 0. The maximum Gasteiger partial charge on any atom is 0.231 e. The van der Waals surface area contributed by atoms with Gasteiger partial charge in [0, 0.05) is 33.4 Å². The highest BCUT2D eigenvalue weighted by Gasteiger charge is 2.35. The van der Waals surface area contributed by atoms with Crippen LogP contribution in [-0.4, -0.2) is 23.8 Å². The molecule has 10 aromatic carbocycles. The molecule has 8 heteroatoms. The van der Waals surface area contributed by atoms with Crippen molar-refractivity contribution >= 4 is 43.1 Å². The first-order valence-corrected chi connectivity index (χ1v) is 21.1. The third-order valence-electron chi connectivity index (χ3n) is 12.3. The molecule has 10 aromatic rings. The van der Waals surface area contributed by atoms with Crippen molar-refractivity contribution in [3.8, 4) is 79.4 Å². The Kier molecular flexibility index (Phi) is 8.89. The molecule has 2 heterocycles. The molecule has 2 N–H and O–H groups in total. The monoisotopic (exact) mass is 838 g/mol. The third-order valence-corrected chi connectivity index (χ3v) is 12.3. The van der Waals surface area contributed by atoms with E-state index in [-0.39, 0.29) is 36.6 Å². The lowest BCUT2D eigenvalue weighted by Crippen LogP contribution is -2.06. The summed E-state index contributed by atoms with van der Waals surface area (Å²) in [4.78, 5) is 0. The highest BCUT2D eigenvalue weighted by atomic mass is 16.7. The topological polar surface area (TPSA) is 95.8 Å². The van der Waals surface area contributed by atoms with Crippen LogP contribution in [-0.2, 0) is 13.2 Å². The summed E-state index contributed by atoms with van der Waals surface area (Å²) in [6.45, 7) is 0.240. The number of fused-ring (bicyclic) bond motifs is 14. The molecule has 8 nitrogen and oxygen atoms in total. The fraction of sp³-hybridized carbons (Fsp3) is 0.0714. The van der Waals surface area contributed by atoms with E-state index in [4.69, 9.17) is 28.4 Å². The van der Waals surface area contributed by atoms with Gasteiger partial charge in [0.15, 0.2) is 46.0 Å². The van der Waals surface area contributed by atoms with Gasteiger partial charge < -0.3 is 38.6 Å². The van der Waals surface area contributed by atoms with Crippen molar-refractivity contribution in [2.24, 2.45) is 0 Å². The highest BCUT2D eigenvalue weighted by Crippen LogP contribution is 2.61. The van der Waals surface area contributed by atoms with Crippen molar-refractivity contribution in [2.45, 2.75) is 13.2 Å². The standard InChI is InChI=1S/C56H38O8/c57-51-45(39-23-11-13-25-41(39)49-47-37-21-9-7-19-35(37)27-43(53(47)61-31-63-55(49)51)59-29-33-15-3-1-4-16-33)46-40-24-12-14-26-42(40)50-48-38-22-10-8-20-36(38)28-44(60-30-34-17-5-2-6-18-34)54(48)62-32-64-56(50)52(46)58/h1-28,57-58H,29-32H2. The number of aromatic hydroxyl groups is 2. The molecule has 0 bridgehead atoms. The van der Waals surface area contributed by atoms with E-state index in [9.17, 15) is 10.2 Å². The lowest BCUT2D eigenvalue weighted by molar-refractivity contribution is 0.116. The van der Waals surface area contributed by atoms with Crippen LogP contribution in [0.3, 0.4) is 0 Å². The van der Waals surface area contributed by atoms with Crippen molar-refractivity contribution in [3.05, 3.63) is 181 Å². The fourth-order valence-electron chi connectivity index (χ4n) is 9.45. The lowest BCUT2D eigenvalue weighted by atomic mass is 9.84. The minimum Gasteiger partial charge on any atom is -0.504 e. The molecule has 0 amide bonds. The van der Waals surface area contributed by atoms with Crippen LogP contribution >= 0.6 is 0 Å². The molecule has 0 saturated carbocycles. The molecule has 64 heavy (non-hydrogen) atoms. The van der Waals surface area contributed by atoms with Gasteiger partial charge in [-0.2, -0.15) is 0 Å². The summed E-state index contributed by atoms with van der Waals surface area (Å²) in [6.07, 6.45) is 0. The van der Waals surface area contributed by atoms with Gasteiger partial charge in [-0.3, -0.25) is 0 Å². The van der Waals surface area contributed by atoms with Crippen molar-refractivity contribution in [2.75, 3.05) is 13.6 Å². The molecule has 0 aromatic heterocycles. The SMILES string of the molecule is Oc1c2c(c3ccccc3c1-c1c(O)c3c(c4ccccc14)-c1c(c(OCc4ccccc4)cc4ccccc14)OCO3)-c1c(c(OCc3ccccc3)cc3ccccc13)OCO2. The molecule has 0 aliphatic carbocycles. The van der Waals surface area contributed by atoms with Crippen LogP contribution in [0.15, 0.2) is 170 Å². The normalized spacial score (nSPS) is 12.7. The van der Waals surface area contributed by atoms with Gasteiger partial charge in [0.05, 0.1) is 0 Å². The van der Waals surface area contributed by atoms with Crippen LogP contribution in [0.5, 0.6) is 46.0 Å². The number of phenols is 2. The summed E-state index contributed by atoms with van der Waals surface area (Å²) in [5, 5.41) is 32.3. The predicted molar refractivity (Wildman–Crippen MR) is 250 cm³/mol. The van der Waals surface area contributed by atoms with Crippen molar-refractivity contribution in [1.82, 2.24) is 0 Å². The second kappa shape index (κ2) is 15.2. The van der Waals surface area contributed by atoms with Gasteiger partial charge in [0.25, 0.3) is 0 Å². The van der Waals surface area contributed by atoms with Gasteiger partial charge in [-0.1, -0.05) is 158 Å². The van der Waals surface area contributed by atoms with Gasteiger partial charge in [0.2, 0.25) is 13.6 Å². The van der Waals surface area contributed by atoms with E-state index >= 15 is 0 Å². The molecule has 2 aliphatic heterocycles. The molecule has 310 valence electrons. The Balaban J connectivity index is 1.10. The summed E-state index contributed by atoms with van der Waals surface area (Å²) in [6, 6.07) is 55.7. The van der Waals surface area contributed by atoms with Gasteiger partial charge in [-0.05, 0) is 66.3 Å². The fourth-order valence-corrected chi connectivity index (χ4v) is 9.45. The number of hydrogen-bond donors (Lipinski definition) is 2. The number of phenolic OH excluding ortho intramolecular Hbond substituents is 2. The third kappa shape index (κ3) is 5.98. The Morgan fingerprint density at radius 1 is 0.344 bits per heavy atom. The summed E-state index contributed by atoms with van der Waals surface area (Å²) >= 11 is 0. The maximum absolute atomic E-state index is 12.9. The number of rotatable bonds is 7. The molecule has 0 fully saturated rings. The smallest absolute Gasteiger partial charge is 0.231 e. The van der Waals surface area contributed by atoms with E-state index < -0.39 is 0 Å². The van der Waals surface area contributed by atoms with Gasteiger partial charge in [0.1, 0.15) is 13.2 Å². The first-order chi connectivity index (χ1) is 31.6. The summed E-state index contributed by atoms with van der Waals surface area (Å²) in [5.74, 6) is 2.25. The zero-order valence-corrected chi connectivity index (χ0v) is 34.3. The number of benzene rings is 10. The minimum atomic E-state index is -0.207. The molecule has 2 aliphatic rings. The molecular formula is C56H38O8.